The average Bonchev–Trinajstić information content (AvgIpc) is 3.17. The number of amides is 1. The van der Waals surface area contributed by atoms with E-state index in [1.165, 1.54) is 6.42 Å². The molecule has 3 rings (SSSR count). The molecule has 6 nitrogen and oxygen atoms in total. The molecule has 1 N–H and O–H groups in total. The van der Waals surface area contributed by atoms with Gasteiger partial charge in [-0.2, -0.15) is 0 Å². The van der Waals surface area contributed by atoms with Crippen LogP contribution in [0.25, 0.3) is 0 Å². The number of aromatic nitrogens is 2. The number of nitrogens with zero attached hydrogens (tertiary/aromatic N) is 4. The molecule has 27 heavy (non-hydrogen) atoms. The van der Waals surface area contributed by atoms with E-state index in [2.05, 4.69) is 23.9 Å². The van der Waals surface area contributed by atoms with Crippen LogP contribution >= 0.6 is 0 Å². The first-order valence-corrected chi connectivity index (χ1v) is 10.4. The Labute approximate surface area is 163 Å². The molecule has 152 valence electrons. The Morgan fingerprint density at radius 2 is 2.15 bits per heavy atom. The lowest BCUT2D eigenvalue weighted by molar-refractivity contribution is -0.130. The van der Waals surface area contributed by atoms with Crippen molar-refractivity contribution in [2.45, 2.75) is 83.0 Å². The van der Waals surface area contributed by atoms with Gasteiger partial charge in [-0.05, 0) is 39.7 Å². The Morgan fingerprint density at radius 1 is 1.37 bits per heavy atom. The van der Waals surface area contributed by atoms with E-state index < -0.39 is 5.60 Å². The molecule has 1 saturated carbocycles. The van der Waals surface area contributed by atoms with Gasteiger partial charge < -0.3 is 14.6 Å². The summed E-state index contributed by atoms with van der Waals surface area (Å²) in [5.41, 5.74) is -0.737. The molecule has 1 aromatic rings. The highest BCUT2D eigenvalue weighted by Gasteiger charge is 2.57. The Kier molecular flexibility index (Phi) is 5.96. The zero-order chi connectivity index (χ0) is 19.7. The monoisotopic (exact) mass is 376 g/mol. The number of rotatable bonds is 6. The molecule has 1 aliphatic heterocycles. The number of hydrogen-bond acceptors (Lipinski definition) is 4. The SMILES string of the molecule is CN(C[C@H]1C[C@]2(C)[C@@H](CCCC[C@]2(C)O)N1C)C(=O)CCCn1ccnc1. The number of aliphatic hydroxyl groups is 1. The number of fused-ring (bicyclic) bond motifs is 1. The van der Waals surface area contributed by atoms with Crippen LogP contribution in [0.3, 0.4) is 0 Å². The summed E-state index contributed by atoms with van der Waals surface area (Å²) in [5.74, 6) is 0.201. The third kappa shape index (κ3) is 4.06. The first-order chi connectivity index (χ1) is 12.7. The molecular formula is C21H36N4O2. The molecule has 2 heterocycles. The molecule has 6 heteroatoms. The minimum atomic E-state index is -0.634. The Hall–Kier alpha value is -1.40. The third-order valence-electron chi connectivity index (χ3n) is 7.36. The number of hydrogen-bond donors (Lipinski definition) is 1. The number of carbonyl (C=O) groups excluding carboxylic acids is 1. The van der Waals surface area contributed by atoms with Gasteiger partial charge in [0.2, 0.25) is 5.91 Å². The Balaban J connectivity index is 1.56. The highest BCUT2D eigenvalue weighted by Crippen LogP contribution is 2.52. The van der Waals surface area contributed by atoms with Crippen molar-refractivity contribution < 1.29 is 9.90 Å². The van der Waals surface area contributed by atoms with E-state index in [9.17, 15) is 9.90 Å². The quantitative estimate of drug-likeness (QED) is 0.829. The highest BCUT2D eigenvalue weighted by atomic mass is 16.3. The first kappa shape index (κ1) is 20.3. The molecule has 1 amide bonds. The summed E-state index contributed by atoms with van der Waals surface area (Å²) in [4.78, 5) is 20.9. The number of carbonyl (C=O) groups is 1. The van der Waals surface area contributed by atoms with Crippen molar-refractivity contribution in [3.05, 3.63) is 18.7 Å². The number of likely N-dealkylation sites (N-methyl/N-ethyl adjacent to an activating group) is 2. The zero-order valence-electron chi connectivity index (χ0n) is 17.4. The zero-order valence-corrected chi connectivity index (χ0v) is 17.4. The van der Waals surface area contributed by atoms with Crippen molar-refractivity contribution in [3.63, 3.8) is 0 Å². The number of aryl methyl sites for hydroxylation is 1. The van der Waals surface area contributed by atoms with Crippen LogP contribution in [0, 0.1) is 5.41 Å². The second-order valence-electron chi connectivity index (χ2n) is 9.15. The van der Waals surface area contributed by atoms with Gasteiger partial charge in [0.1, 0.15) is 0 Å². The summed E-state index contributed by atoms with van der Waals surface area (Å²) in [6.07, 6.45) is 12.1. The van der Waals surface area contributed by atoms with Crippen molar-refractivity contribution in [1.29, 1.82) is 0 Å². The molecule has 0 aromatic carbocycles. The molecule has 4 atom stereocenters. The van der Waals surface area contributed by atoms with Crippen molar-refractivity contribution in [2.75, 3.05) is 20.6 Å². The van der Waals surface area contributed by atoms with E-state index in [0.717, 1.165) is 45.2 Å². The average molecular weight is 377 g/mol. The lowest BCUT2D eigenvalue weighted by Gasteiger charge is -2.43. The maximum Gasteiger partial charge on any atom is 0.222 e. The van der Waals surface area contributed by atoms with Gasteiger partial charge in [0.15, 0.2) is 0 Å². The summed E-state index contributed by atoms with van der Waals surface area (Å²) in [5, 5.41) is 11.2. The predicted octanol–water partition coefficient (Wildman–Crippen LogP) is 2.53. The number of imidazole rings is 1. The summed E-state index contributed by atoms with van der Waals surface area (Å²) in [6.45, 7) is 5.84. The van der Waals surface area contributed by atoms with Gasteiger partial charge in [0, 0.05) is 56.5 Å². The van der Waals surface area contributed by atoms with Crippen LogP contribution in [0.4, 0.5) is 0 Å². The third-order valence-corrected chi connectivity index (χ3v) is 7.36. The van der Waals surface area contributed by atoms with Crippen LogP contribution in [0.1, 0.15) is 58.8 Å². The Bertz CT molecular complexity index is 630. The van der Waals surface area contributed by atoms with Crippen LogP contribution in [0.2, 0.25) is 0 Å². The summed E-state index contributed by atoms with van der Waals surface area (Å²) < 4.78 is 2.01. The van der Waals surface area contributed by atoms with Crippen LogP contribution < -0.4 is 0 Å². The lowest BCUT2D eigenvalue weighted by Crippen LogP contribution is -2.50. The maximum atomic E-state index is 12.6. The van der Waals surface area contributed by atoms with Gasteiger partial charge in [-0.3, -0.25) is 9.69 Å². The lowest BCUT2D eigenvalue weighted by atomic mass is 9.67. The second kappa shape index (κ2) is 7.92. The van der Waals surface area contributed by atoms with E-state index in [1.807, 2.05) is 29.6 Å². The summed E-state index contributed by atoms with van der Waals surface area (Å²) in [7, 11) is 4.10. The van der Waals surface area contributed by atoms with E-state index in [1.54, 1.807) is 12.5 Å². The molecule has 1 saturated heterocycles. The van der Waals surface area contributed by atoms with Gasteiger partial charge in [0.25, 0.3) is 0 Å². The molecule has 2 fully saturated rings. The fourth-order valence-corrected chi connectivity index (χ4v) is 5.30. The fourth-order valence-electron chi connectivity index (χ4n) is 5.30. The topological polar surface area (TPSA) is 61.6 Å². The van der Waals surface area contributed by atoms with E-state index in [4.69, 9.17) is 0 Å². The van der Waals surface area contributed by atoms with Crippen LogP contribution in [0.15, 0.2) is 18.7 Å². The van der Waals surface area contributed by atoms with Crippen molar-refractivity contribution in [2.24, 2.45) is 5.41 Å². The van der Waals surface area contributed by atoms with Gasteiger partial charge in [0.05, 0.1) is 11.9 Å². The standard InChI is InChI=1S/C21H36N4O2/c1-20-14-17(24(4)18(20)8-5-6-10-21(20,2)27)15-23(3)19(26)9-7-12-25-13-11-22-16-25/h11,13,16-18,27H,5-10,12,14-15H2,1-4H3/t17-,18-,20-,21+/m1/s1. The van der Waals surface area contributed by atoms with Gasteiger partial charge in [-0.1, -0.05) is 19.8 Å². The highest BCUT2D eigenvalue weighted by molar-refractivity contribution is 5.75. The largest absolute Gasteiger partial charge is 0.390 e. The van der Waals surface area contributed by atoms with Crippen molar-refractivity contribution in [3.8, 4) is 0 Å². The minimum absolute atomic E-state index is 0.103. The number of likely N-dealkylation sites (tertiary alicyclic amines) is 1. The fraction of sp³-hybridized carbons (Fsp3) is 0.810. The van der Waals surface area contributed by atoms with Gasteiger partial charge >= 0.3 is 0 Å². The van der Waals surface area contributed by atoms with E-state index in [0.29, 0.717) is 18.5 Å². The molecule has 0 radical (unpaired) electrons. The molecule has 1 aliphatic carbocycles. The van der Waals surface area contributed by atoms with Gasteiger partial charge in [-0.25, -0.2) is 4.98 Å². The first-order valence-electron chi connectivity index (χ1n) is 10.4. The minimum Gasteiger partial charge on any atom is -0.390 e. The van der Waals surface area contributed by atoms with Crippen LogP contribution in [0.5, 0.6) is 0 Å². The maximum absolute atomic E-state index is 12.6. The second-order valence-corrected chi connectivity index (χ2v) is 9.15. The smallest absolute Gasteiger partial charge is 0.222 e. The van der Waals surface area contributed by atoms with Crippen LogP contribution in [-0.2, 0) is 11.3 Å². The van der Waals surface area contributed by atoms with Crippen molar-refractivity contribution in [1.82, 2.24) is 19.4 Å². The molecule has 2 aliphatic rings. The Morgan fingerprint density at radius 3 is 2.85 bits per heavy atom. The van der Waals surface area contributed by atoms with E-state index >= 15 is 0 Å². The normalized spacial score (nSPS) is 34.3. The summed E-state index contributed by atoms with van der Waals surface area (Å²) in [6, 6.07) is 0.705. The molecule has 0 unspecified atom stereocenters. The van der Waals surface area contributed by atoms with Crippen molar-refractivity contribution >= 4 is 5.91 Å². The molecule has 1 aromatic heterocycles. The predicted molar refractivity (Wildman–Crippen MR) is 106 cm³/mol. The molecule has 0 bridgehead atoms. The molecule has 0 spiro atoms. The van der Waals surface area contributed by atoms with Crippen LogP contribution in [-0.4, -0.2) is 68.7 Å². The van der Waals surface area contributed by atoms with E-state index in [-0.39, 0.29) is 11.3 Å². The summed E-state index contributed by atoms with van der Waals surface area (Å²) >= 11 is 0. The molecular weight excluding hydrogens is 340 g/mol. The van der Waals surface area contributed by atoms with Gasteiger partial charge in [-0.15, -0.1) is 0 Å².